The summed E-state index contributed by atoms with van der Waals surface area (Å²) < 4.78 is 40.0. The van der Waals surface area contributed by atoms with Crippen molar-refractivity contribution < 1.29 is 38.1 Å². The Kier molecular flexibility index (Phi) is 3.77. The van der Waals surface area contributed by atoms with Crippen molar-refractivity contribution in [2.24, 2.45) is 0 Å². The Morgan fingerprint density at radius 3 is 2.61 bits per heavy atom. The van der Waals surface area contributed by atoms with Gasteiger partial charge in [0.2, 0.25) is 11.2 Å². The average molecular weight is 389 g/mol. The Morgan fingerprint density at radius 1 is 1.18 bits per heavy atom. The summed E-state index contributed by atoms with van der Waals surface area (Å²) in [5.74, 6) is -6.03. The maximum atomic E-state index is 14.3. The number of halogens is 2. The molecule has 0 unspecified atom stereocenters. The number of ether oxygens (including phenoxy) is 2. The van der Waals surface area contributed by atoms with Gasteiger partial charge in [-0.2, -0.15) is 4.39 Å². The van der Waals surface area contributed by atoms with E-state index in [2.05, 4.69) is 0 Å². The molecule has 2 aromatic carbocycles. The van der Waals surface area contributed by atoms with Crippen molar-refractivity contribution in [1.29, 1.82) is 0 Å². The predicted molar refractivity (Wildman–Crippen MR) is 89.6 cm³/mol. The number of hydrogen-bond donors (Lipinski definition) is 2. The highest BCUT2D eigenvalue weighted by molar-refractivity contribution is 5.96. The van der Waals surface area contributed by atoms with E-state index in [0.717, 1.165) is 6.20 Å². The molecule has 142 valence electrons. The number of aromatic carboxylic acids is 1. The van der Waals surface area contributed by atoms with Crippen LogP contribution in [-0.2, 0) is 4.79 Å². The van der Waals surface area contributed by atoms with E-state index in [0.29, 0.717) is 6.07 Å². The summed E-state index contributed by atoms with van der Waals surface area (Å²) >= 11 is 0. The largest absolute Gasteiger partial charge is 0.482 e. The van der Waals surface area contributed by atoms with Gasteiger partial charge in [0.05, 0.1) is 11.1 Å². The molecule has 10 heteroatoms. The van der Waals surface area contributed by atoms with E-state index in [1.165, 1.54) is 22.8 Å². The van der Waals surface area contributed by atoms with Crippen LogP contribution in [0.5, 0.6) is 17.2 Å². The van der Waals surface area contributed by atoms with Gasteiger partial charge in [-0.25, -0.2) is 14.0 Å². The third-order valence-electron chi connectivity index (χ3n) is 4.13. The fourth-order valence-corrected chi connectivity index (χ4v) is 2.96. The first-order valence-corrected chi connectivity index (χ1v) is 7.75. The fraction of sp³-hybridized carbons (Fsp3) is 0.0556. The third kappa shape index (κ3) is 2.54. The minimum Gasteiger partial charge on any atom is -0.482 e. The topological polar surface area (TPSA) is 115 Å². The zero-order valence-electron chi connectivity index (χ0n) is 13.7. The summed E-state index contributed by atoms with van der Waals surface area (Å²) in [6.07, 6.45) is 0.993. The SMILES string of the molecule is O=C(O)COc1ccc2c(c1)Oc1c(F)c(F)cc3c(=O)c(C(=O)O)cn-2c13. The van der Waals surface area contributed by atoms with Crippen LogP contribution in [0.15, 0.2) is 35.3 Å². The van der Waals surface area contributed by atoms with Gasteiger partial charge in [-0.3, -0.25) is 4.79 Å². The maximum absolute atomic E-state index is 14.3. The first-order valence-electron chi connectivity index (χ1n) is 7.75. The molecule has 8 nitrogen and oxygen atoms in total. The van der Waals surface area contributed by atoms with Gasteiger partial charge in [-0.1, -0.05) is 0 Å². The molecule has 2 N–H and O–H groups in total. The molecule has 1 aliphatic rings. The monoisotopic (exact) mass is 389 g/mol. The molecule has 0 atom stereocenters. The summed E-state index contributed by atoms with van der Waals surface area (Å²) in [6, 6.07) is 4.67. The second-order valence-corrected chi connectivity index (χ2v) is 5.86. The quantitative estimate of drug-likeness (QED) is 0.551. The van der Waals surface area contributed by atoms with E-state index in [-0.39, 0.29) is 28.1 Å². The van der Waals surface area contributed by atoms with Crippen molar-refractivity contribution in [3.05, 3.63) is 57.9 Å². The van der Waals surface area contributed by atoms with Crippen LogP contribution in [0.4, 0.5) is 8.78 Å². The Labute approximate surface area is 153 Å². The first kappa shape index (κ1) is 17.5. The molecule has 1 aromatic heterocycles. The van der Waals surface area contributed by atoms with Crippen LogP contribution in [0.2, 0.25) is 0 Å². The van der Waals surface area contributed by atoms with Gasteiger partial charge in [-0.05, 0) is 18.2 Å². The number of aliphatic carboxylic acids is 1. The van der Waals surface area contributed by atoms with Crippen molar-refractivity contribution >= 4 is 22.8 Å². The normalized spacial score (nSPS) is 11.6. The summed E-state index contributed by atoms with van der Waals surface area (Å²) in [5.41, 5.74) is -1.51. The summed E-state index contributed by atoms with van der Waals surface area (Å²) in [6.45, 7) is -0.635. The zero-order chi connectivity index (χ0) is 20.2. The molecular formula is C18H9F2NO7. The smallest absolute Gasteiger partial charge is 0.341 e. The average Bonchev–Trinajstić information content (AvgIpc) is 2.65. The van der Waals surface area contributed by atoms with Crippen LogP contribution < -0.4 is 14.9 Å². The molecule has 0 amide bonds. The number of hydrogen-bond acceptors (Lipinski definition) is 5. The highest BCUT2D eigenvalue weighted by atomic mass is 19.2. The number of aromatic nitrogens is 1. The van der Waals surface area contributed by atoms with E-state index in [9.17, 15) is 28.3 Å². The second-order valence-electron chi connectivity index (χ2n) is 5.86. The van der Waals surface area contributed by atoms with E-state index in [4.69, 9.17) is 14.6 Å². The molecule has 1 aliphatic heterocycles. The van der Waals surface area contributed by atoms with E-state index >= 15 is 0 Å². The standard InChI is InChI=1S/C18H9F2NO7/c19-10-4-8-15-17(14(10)20)28-12-3-7(27-6-13(22)23)1-2-11(12)21(15)5-9(16(8)24)18(25)26/h1-5H,6H2,(H,22,23)(H,25,26). The van der Waals surface area contributed by atoms with Crippen LogP contribution in [0.3, 0.4) is 0 Å². The molecule has 0 spiro atoms. The molecule has 2 heterocycles. The predicted octanol–water partition coefficient (Wildman–Crippen LogP) is 2.54. The van der Waals surface area contributed by atoms with Crippen molar-refractivity contribution in [2.75, 3.05) is 6.61 Å². The highest BCUT2D eigenvalue weighted by Gasteiger charge is 2.28. The Balaban J connectivity index is 2.02. The number of benzene rings is 2. The number of pyridine rings is 1. The lowest BCUT2D eigenvalue weighted by Gasteiger charge is -2.24. The van der Waals surface area contributed by atoms with E-state index < -0.39 is 46.9 Å². The zero-order valence-corrected chi connectivity index (χ0v) is 13.7. The summed E-state index contributed by atoms with van der Waals surface area (Å²) in [4.78, 5) is 34.4. The molecule has 0 fully saturated rings. The van der Waals surface area contributed by atoms with E-state index in [1.807, 2.05) is 0 Å². The number of carboxylic acids is 2. The first-order chi connectivity index (χ1) is 13.3. The van der Waals surface area contributed by atoms with Gasteiger partial charge in [0.25, 0.3) is 0 Å². The van der Waals surface area contributed by atoms with Crippen molar-refractivity contribution in [2.45, 2.75) is 0 Å². The molecule has 0 aliphatic carbocycles. The molecular weight excluding hydrogens is 380 g/mol. The Bertz CT molecular complexity index is 1250. The lowest BCUT2D eigenvalue weighted by atomic mass is 10.1. The number of fused-ring (bicyclic) bond motifs is 2. The molecule has 0 bridgehead atoms. The Morgan fingerprint density at radius 2 is 1.93 bits per heavy atom. The second kappa shape index (κ2) is 6.05. The third-order valence-corrected chi connectivity index (χ3v) is 4.13. The van der Waals surface area contributed by atoms with Crippen LogP contribution >= 0.6 is 0 Å². The van der Waals surface area contributed by atoms with Crippen molar-refractivity contribution in [1.82, 2.24) is 4.57 Å². The maximum Gasteiger partial charge on any atom is 0.341 e. The van der Waals surface area contributed by atoms with E-state index in [1.54, 1.807) is 0 Å². The van der Waals surface area contributed by atoms with Gasteiger partial charge in [0.15, 0.2) is 23.9 Å². The Hall–Kier alpha value is -3.95. The van der Waals surface area contributed by atoms with Gasteiger partial charge in [-0.15, -0.1) is 0 Å². The molecule has 28 heavy (non-hydrogen) atoms. The molecule has 4 rings (SSSR count). The highest BCUT2D eigenvalue weighted by Crippen LogP contribution is 2.43. The number of rotatable bonds is 4. The summed E-state index contributed by atoms with van der Waals surface area (Å²) in [7, 11) is 0. The van der Waals surface area contributed by atoms with Gasteiger partial charge >= 0.3 is 11.9 Å². The van der Waals surface area contributed by atoms with Crippen LogP contribution in [0, 0.1) is 11.6 Å². The molecule has 0 saturated carbocycles. The summed E-state index contributed by atoms with van der Waals surface area (Å²) in [5, 5.41) is 17.6. The molecule has 3 aromatic rings. The van der Waals surface area contributed by atoms with Gasteiger partial charge in [0.1, 0.15) is 16.8 Å². The van der Waals surface area contributed by atoms with Crippen LogP contribution in [-0.4, -0.2) is 33.3 Å². The minimum absolute atomic E-state index is 0.0406. The van der Waals surface area contributed by atoms with Crippen molar-refractivity contribution in [3.63, 3.8) is 0 Å². The van der Waals surface area contributed by atoms with Crippen LogP contribution in [0.25, 0.3) is 16.6 Å². The van der Waals surface area contributed by atoms with Crippen LogP contribution in [0.1, 0.15) is 10.4 Å². The van der Waals surface area contributed by atoms with Gasteiger partial charge in [0, 0.05) is 12.3 Å². The van der Waals surface area contributed by atoms with Crippen molar-refractivity contribution in [3.8, 4) is 22.9 Å². The minimum atomic E-state index is -1.53. The lowest BCUT2D eigenvalue weighted by Crippen LogP contribution is -2.21. The molecule has 0 saturated heterocycles. The van der Waals surface area contributed by atoms with Gasteiger partial charge < -0.3 is 24.3 Å². The number of carboxylic acid groups (broad SMARTS) is 2. The fourth-order valence-electron chi connectivity index (χ4n) is 2.96. The molecule has 0 radical (unpaired) electrons. The number of carbonyl (C=O) groups is 2. The lowest BCUT2D eigenvalue weighted by molar-refractivity contribution is -0.139. The number of nitrogens with zero attached hydrogens (tertiary/aromatic N) is 1.